The average molecular weight is 633 g/mol. The molecule has 3 N–H and O–H groups in total. The molecule has 9 nitrogen and oxygen atoms in total. The molecular weight excluding hydrogens is 568 g/mol. The number of piperidine rings is 2. The van der Waals surface area contributed by atoms with Crippen LogP contribution in [0, 0.1) is 23.7 Å². The Morgan fingerprint density at radius 1 is 0.889 bits per heavy atom. The van der Waals surface area contributed by atoms with Crippen molar-refractivity contribution in [3.63, 3.8) is 0 Å². The van der Waals surface area contributed by atoms with Crippen LogP contribution in [0.1, 0.15) is 103 Å². The number of hydrogen-bond donors (Lipinski definition) is 3. The van der Waals surface area contributed by atoms with Gasteiger partial charge in [-0.25, -0.2) is 0 Å². The summed E-state index contributed by atoms with van der Waals surface area (Å²) in [4.78, 5) is 18.1. The van der Waals surface area contributed by atoms with E-state index in [4.69, 9.17) is 14.2 Å². The lowest BCUT2D eigenvalue weighted by atomic mass is 9.74. The molecule has 0 radical (unpaired) electrons. The number of carbonyl (C=O) groups excluding carboxylic acids is 1. The molecule has 3 saturated carbocycles. The van der Waals surface area contributed by atoms with E-state index < -0.39 is 6.10 Å². The largest absolute Gasteiger partial charge is 0.390 e. The fraction of sp³-hybridized carbons (Fsp3) is 0.972. The van der Waals surface area contributed by atoms with Crippen molar-refractivity contribution >= 4 is 5.91 Å². The number of hydrogen-bond acceptors (Lipinski definition) is 8. The van der Waals surface area contributed by atoms with Crippen LogP contribution in [0.15, 0.2) is 0 Å². The van der Waals surface area contributed by atoms with Crippen LogP contribution in [0.3, 0.4) is 0 Å². The summed E-state index contributed by atoms with van der Waals surface area (Å²) >= 11 is 0. The molecule has 9 heteroatoms. The third-order valence-electron chi connectivity index (χ3n) is 12.3. The molecule has 5 unspecified atom stereocenters. The van der Waals surface area contributed by atoms with Crippen molar-refractivity contribution in [2.75, 3.05) is 59.2 Å². The van der Waals surface area contributed by atoms with Crippen LogP contribution in [0.5, 0.6) is 0 Å². The van der Waals surface area contributed by atoms with Gasteiger partial charge in [-0.3, -0.25) is 10.1 Å². The molecule has 0 aromatic rings. The average Bonchev–Trinajstić information content (AvgIpc) is 3.48. The van der Waals surface area contributed by atoms with E-state index in [-0.39, 0.29) is 17.9 Å². The van der Waals surface area contributed by atoms with Gasteiger partial charge in [0.1, 0.15) is 0 Å². The fourth-order valence-electron chi connectivity index (χ4n) is 9.37. The number of aliphatic hydroxyl groups is 1. The van der Waals surface area contributed by atoms with Crippen LogP contribution >= 0.6 is 0 Å². The number of nitrogens with one attached hydrogen (secondary N) is 2. The molecule has 3 heterocycles. The first-order valence-electron chi connectivity index (χ1n) is 19.0. The van der Waals surface area contributed by atoms with Crippen molar-refractivity contribution in [2.24, 2.45) is 23.7 Å². The molecule has 6 rings (SSSR count). The number of likely N-dealkylation sites (tertiary alicyclic amines) is 2. The number of aliphatic hydroxyl groups excluding tert-OH is 1. The molecule has 6 fully saturated rings. The van der Waals surface area contributed by atoms with E-state index >= 15 is 0 Å². The minimum atomic E-state index is -0.518. The van der Waals surface area contributed by atoms with Gasteiger partial charge in [-0.15, -0.1) is 0 Å². The summed E-state index contributed by atoms with van der Waals surface area (Å²) in [6.45, 7) is 10.2. The standard InChI is InChI=1S/C36H64N4O5/c1-26-35(44-25-38-26)24-43-34-12-9-30-22-40(16-13-29(30)19-34)23-31(41)20-37-36(42)28-7-10-32(11-8-28)45-33-14-17-39(18-15-33)21-27-5-3-2-4-6-27/h26-35,38,41H,2-25H2,1H3,(H,37,42)/t26?,28?,29?,30?,31-,32?,34?,35?/m0/s1. The Morgan fingerprint density at radius 2 is 1.62 bits per heavy atom. The molecule has 258 valence electrons. The number of β-amino-alcohol motifs (C(OH)–C–C–N with tert-alkyl or cyclic N) is 1. The van der Waals surface area contributed by atoms with E-state index in [1.807, 2.05) is 0 Å². The molecule has 0 spiro atoms. The molecule has 45 heavy (non-hydrogen) atoms. The summed E-state index contributed by atoms with van der Waals surface area (Å²) in [6, 6.07) is 0.365. The summed E-state index contributed by atoms with van der Waals surface area (Å²) in [5.41, 5.74) is 0. The van der Waals surface area contributed by atoms with Gasteiger partial charge in [0.15, 0.2) is 0 Å². The van der Waals surface area contributed by atoms with Crippen molar-refractivity contribution < 1.29 is 24.1 Å². The van der Waals surface area contributed by atoms with Crippen LogP contribution in [0.2, 0.25) is 0 Å². The van der Waals surface area contributed by atoms with Crippen molar-refractivity contribution in [3.8, 4) is 0 Å². The second-order valence-electron chi connectivity index (χ2n) is 15.7. The molecule has 3 aliphatic carbocycles. The van der Waals surface area contributed by atoms with Crippen LogP contribution in [0.4, 0.5) is 0 Å². The van der Waals surface area contributed by atoms with Crippen molar-refractivity contribution in [1.29, 1.82) is 0 Å². The predicted molar refractivity (Wildman–Crippen MR) is 176 cm³/mol. The number of ether oxygens (including phenoxy) is 3. The van der Waals surface area contributed by atoms with Crippen molar-refractivity contribution in [1.82, 2.24) is 20.4 Å². The molecular formula is C36H64N4O5. The van der Waals surface area contributed by atoms with Crippen molar-refractivity contribution in [3.05, 3.63) is 0 Å². The Balaban J connectivity index is 0.807. The Kier molecular flexibility index (Phi) is 12.9. The molecule has 3 saturated heterocycles. The highest BCUT2D eigenvalue weighted by Gasteiger charge is 2.37. The van der Waals surface area contributed by atoms with Gasteiger partial charge in [-0.05, 0) is 108 Å². The first kappa shape index (κ1) is 34.1. The molecule has 6 aliphatic rings. The quantitative estimate of drug-likeness (QED) is 0.298. The van der Waals surface area contributed by atoms with Crippen molar-refractivity contribution in [2.45, 2.75) is 140 Å². The van der Waals surface area contributed by atoms with Crippen LogP contribution < -0.4 is 10.6 Å². The number of carbonyl (C=O) groups is 1. The molecule has 0 bridgehead atoms. The first-order valence-corrected chi connectivity index (χ1v) is 19.0. The smallest absolute Gasteiger partial charge is 0.223 e. The monoisotopic (exact) mass is 632 g/mol. The summed E-state index contributed by atoms with van der Waals surface area (Å²) in [7, 11) is 0. The zero-order valence-electron chi connectivity index (χ0n) is 28.2. The molecule has 6 atom stereocenters. The lowest BCUT2D eigenvalue weighted by Crippen LogP contribution is -2.49. The summed E-state index contributed by atoms with van der Waals surface area (Å²) < 4.78 is 18.6. The topological polar surface area (TPSA) is 95.5 Å². The van der Waals surface area contributed by atoms with Gasteiger partial charge in [-0.2, -0.15) is 0 Å². The summed E-state index contributed by atoms with van der Waals surface area (Å²) in [5, 5.41) is 17.2. The first-order chi connectivity index (χ1) is 22.0. The number of fused-ring (bicyclic) bond motifs is 1. The lowest BCUT2D eigenvalue weighted by Gasteiger charge is -2.44. The van der Waals surface area contributed by atoms with E-state index in [2.05, 4.69) is 27.4 Å². The van der Waals surface area contributed by atoms with Gasteiger partial charge in [-0.1, -0.05) is 19.3 Å². The van der Waals surface area contributed by atoms with E-state index in [0.717, 1.165) is 76.3 Å². The van der Waals surface area contributed by atoms with Gasteiger partial charge < -0.3 is 34.4 Å². The van der Waals surface area contributed by atoms with Gasteiger partial charge in [0.25, 0.3) is 0 Å². The highest BCUT2D eigenvalue weighted by molar-refractivity contribution is 5.78. The number of amides is 1. The zero-order valence-corrected chi connectivity index (χ0v) is 28.2. The van der Waals surface area contributed by atoms with Gasteiger partial charge in [0.2, 0.25) is 5.91 Å². The Labute approximate surface area is 272 Å². The fourth-order valence-corrected chi connectivity index (χ4v) is 9.37. The summed E-state index contributed by atoms with van der Waals surface area (Å²) in [5.74, 6) is 2.51. The Morgan fingerprint density at radius 3 is 2.38 bits per heavy atom. The SMILES string of the molecule is CC1NCOC1COC1CCC2CN(C[C@@H](O)CNC(=O)C3CCC(OC4CCN(CC5CCCCC5)CC4)CC3)CCC2C1. The second-order valence-corrected chi connectivity index (χ2v) is 15.7. The van der Waals surface area contributed by atoms with E-state index in [1.165, 1.54) is 64.6 Å². The molecule has 0 aromatic carbocycles. The predicted octanol–water partition coefficient (Wildman–Crippen LogP) is 3.93. The minimum Gasteiger partial charge on any atom is -0.390 e. The van der Waals surface area contributed by atoms with Gasteiger partial charge >= 0.3 is 0 Å². The number of rotatable bonds is 12. The molecule has 0 aromatic heterocycles. The number of nitrogens with zero attached hydrogens (tertiary/aromatic N) is 2. The third kappa shape index (κ3) is 10.1. The second kappa shape index (κ2) is 17.0. The highest BCUT2D eigenvalue weighted by Crippen LogP contribution is 2.38. The van der Waals surface area contributed by atoms with E-state index in [1.54, 1.807) is 0 Å². The van der Waals surface area contributed by atoms with Crippen LogP contribution in [0.25, 0.3) is 0 Å². The van der Waals surface area contributed by atoms with Crippen LogP contribution in [-0.2, 0) is 19.0 Å². The Hall–Kier alpha value is -0.810. The molecule has 1 amide bonds. The third-order valence-corrected chi connectivity index (χ3v) is 12.3. The van der Waals surface area contributed by atoms with Crippen LogP contribution in [-0.4, -0.2) is 117 Å². The maximum absolute atomic E-state index is 13.0. The Bertz CT molecular complexity index is 889. The van der Waals surface area contributed by atoms with E-state index in [0.29, 0.717) is 56.7 Å². The molecule has 3 aliphatic heterocycles. The lowest BCUT2D eigenvalue weighted by molar-refractivity contribution is -0.128. The van der Waals surface area contributed by atoms with Gasteiger partial charge in [0, 0.05) is 51.2 Å². The normalized spacial score (nSPS) is 36.9. The maximum atomic E-state index is 13.0. The highest BCUT2D eigenvalue weighted by atomic mass is 16.5. The zero-order chi connectivity index (χ0) is 31.0. The maximum Gasteiger partial charge on any atom is 0.223 e. The van der Waals surface area contributed by atoms with E-state index in [9.17, 15) is 9.90 Å². The summed E-state index contributed by atoms with van der Waals surface area (Å²) in [6.07, 6.45) is 18.6. The minimum absolute atomic E-state index is 0.0576. The van der Waals surface area contributed by atoms with Gasteiger partial charge in [0.05, 0.1) is 43.9 Å².